The predicted molar refractivity (Wildman–Crippen MR) is 296 cm³/mol. The van der Waals surface area contributed by atoms with Crippen molar-refractivity contribution in [3.05, 3.63) is 477 Å². The molecule has 0 aliphatic rings. The predicted octanol–water partition coefficient (Wildman–Crippen LogP) is 13.4. The summed E-state index contributed by atoms with van der Waals surface area (Å²) in [4.78, 5) is 0. The molecule has 0 amide bonds. The van der Waals surface area contributed by atoms with Crippen molar-refractivity contribution in [2.75, 3.05) is 0 Å². The molecule has 0 atom stereocenters. The van der Waals surface area contributed by atoms with Gasteiger partial charge in [-0.25, -0.2) is 0 Å². The molecule has 0 saturated heterocycles. The molecule has 0 aromatic carbocycles. The summed E-state index contributed by atoms with van der Waals surface area (Å²) in [6, 6.07) is 0. The third-order valence-corrected chi connectivity index (χ3v) is 5.05. The van der Waals surface area contributed by atoms with Gasteiger partial charge in [0.15, 0.2) is 0 Å². The first-order chi connectivity index (χ1) is 41.4. The molecule has 0 fully saturated rings. The van der Waals surface area contributed by atoms with Gasteiger partial charge in [-0.2, -0.15) is 0 Å². The van der Waals surface area contributed by atoms with Gasteiger partial charge in [0.1, 0.15) is 0 Å². The second kappa shape index (κ2) is 63.9. The van der Waals surface area contributed by atoms with Crippen molar-refractivity contribution in [2.45, 2.75) is 0 Å². The maximum atomic E-state index is 3.32. The summed E-state index contributed by atoms with van der Waals surface area (Å²) in [7, 11) is 0. The summed E-state index contributed by atoms with van der Waals surface area (Å²) in [5.41, 5.74) is 202. The van der Waals surface area contributed by atoms with Gasteiger partial charge in [0, 0.05) is 361 Å². The van der Waals surface area contributed by atoms with Crippen LogP contribution in [0.2, 0.25) is 0 Å². The van der Waals surface area contributed by atoms with Crippen LogP contribution in [0.4, 0.5) is 0 Å². The monoisotopic (exact) mass is 1000 g/mol. The topological polar surface area (TPSA) is 0 Å². The van der Waals surface area contributed by atoms with Crippen molar-refractivity contribution >= 4 is 0 Å². The van der Waals surface area contributed by atoms with Crippen LogP contribution >= 0.6 is 0 Å². The zero-order chi connectivity index (χ0) is 59.3. The zero-order valence-electron chi connectivity index (χ0n) is 41.9. The van der Waals surface area contributed by atoms with E-state index in [1.54, 1.807) is 0 Å². The van der Waals surface area contributed by atoms with Crippen molar-refractivity contribution < 1.29 is 0 Å². The fourth-order valence-corrected chi connectivity index (χ4v) is 2.49. The highest BCUT2D eigenvalue weighted by atomic mass is 13.5. The van der Waals surface area contributed by atoms with Crippen LogP contribution in [-0.4, -0.2) is 0 Å². The van der Waals surface area contributed by atoms with E-state index in [9.17, 15) is 0 Å². The van der Waals surface area contributed by atoms with E-state index in [-0.39, 0.29) is 0 Å². The molecule has 0 N–H and O–H groups in total. The maximum absolute atomic E-state index is 3.32. The van der Waals surface area contributed by atoms with E-state index in [0.29, 0.717) is 0 Å². The SMILES string of the molecule is C=C=C=C=C=C=C=C=C=C=C=C=C=C=C=C=C=C=C=C=C=C=C=C=C=C=C=C=C=C=C=C=C=C=C=C=C=C=C=C=C=C=C=C=C=C=C=C=C=C=C=C=C=C=C=C=C=C=C=C=C=C=C=C=C=C=C=C=C=C=C=C=C=C=C=C=C=C=C=C=C=C=C. The fraction of sp³-hybridized carbons (Fsp3) is 0. The molecule has 0 bridgehead atoms. The highest BCUT2D eigenvalue weighted by Crippen LogP contribution is 1.64. The van der Waals surface area contributed by atoms with E-state index in [1.807, 2.05) is 0 Å². The standard InChI is InChI=1S/C83H4/c1-3-5-7-9-11-13-15-17-19-21-23-25-27-29-31-33-35-37-39-41-43-45-47-49-51-53-55-57-59-61-63-65-67-69-71-73-75-77-79-81-83-82-80-78-76-74-72-70-68-66-64-62-60-58-56-54-52-50-48-46-44-42-40-38-36-34-32-30-28-26-24-22-20-18-16-14-12-10-8-6-4-2/h1-2H2. The number of hydrogen-bond donors (Lipinski definition) is 0. The molecule has 0 aromatic heterocycles. The lowest BCUT2D eigenvalue weighted by Crippen LogP contribution is -1.26. The Kier molecular flexibility index (Phi) is 50.0. The first-order valence-corrected chi connectivity index (χ1v) is 20.7. The number of rotatable bonds is 0. The molecule has 0 heterocycles. The van der Waals surface area contributed by atoms with Gasteiger partial charge in [0.25, 0.3) is 0 Å². The highest BCUT2D eigenvalue weighted by Gasteiger charge is 1.49. The van der Waals surface area contributed by atoms with Gasteiger partial charge >= 0.3 is 0 Å². The van der Waals surface area contributed by atoms with E-state index in [2.05, 4.69) is 477 Å². The molecular weight excluding hydrogens is 997 g/mol. The lowest BCUT2D eigenvalue weighted by molar-refractivity contribution is 2.10. The lowest BCUT2D eigenvalue weighted by Gasteiger charge is -1.41. The van der Waals surface area contributed by atoms with Crippen molar-refractivity contribution in [1.29, 1.82) is 0 Å². The molecule has 0 radical (unpaired) electrons. The maximum Gasteiger partial charge on any atom is 0 e. The molecule has 0 aliphatic heterocycles. The molecule has 0 aromatic rings. The Morgan fingerprint density at radius 3 is 0.133 bits per heavy atom. The molecule has 83 heavy (non-hydrogen) atoms. The van der Waals surface area contributed by atoms with Crippen molar-refractivity contribution in [3.8, 4) is 0 Å². The Morgan fingerprint density at radius 2 is 0.0964 bits per heavy atom. The van der Waals surface area contributed by atoms with E-state index >= 15 is 0 Å². The molecule has 0 heteroatoms. The Hall–Kier alpha value is -18.1. The molecular formula is C83H4. The van der Waals surface area contributed by atoms with Gasteiger partial charge in [-0.3, -0.25) is 0 Å². The van der Waals surface area contributed by atoms with Gasteiger partial charge in [-0.05, 0) is 105 Å². The minimum Gasteiger partial charge on any atom is -0.0687 e. The third kappa shape index (κ3) is 63.9. The quantitative estimate of drug-likeness (QED) is 0.212. The zero-order valence-corrected chi connectivity index (χ0v) is 41.9. The van der Waals surface area contributed by atoms with Crippen LogP contribution in [0.5, 0.6) is 0 Å². The Labute approximate surface area is 474 Å². The Bertz CT molecular complexity index is 5990. The first kappa shape index (κ1) is 64.9. The average molecular weight is 1000 g/mol. The van der Waals surface area contributed by atoms with Crippen molar-refractivity contribution in [3.63, 3.8) is 0 Å². The second-order valence-electron chi connectivity index (χ2n) is 10.2. The van der Waals surface area contributed by atoms with E-state index in [0.717, 1.165) is 0 Å². The van der Waals surface area contributed by atoms with Crippen LogP contribution in [0.15, 0.2) is 477 Å². The lowest BCUT2D eigenvalue weighted by atomic mass is 10.6. The minimum atomic E-state index is 2.37. The molecule has 0 unspecified atom stereocenters. The highest BCUT2D eigenvalue weighted by molar-refractivity contribution is 5.00. The molecule has 0 nitrogen and oxygen atoms in total. The van der Waals surface area contributed by atoms with E-state index < -0.39 is 0 Å². The second-order valence-corrected chi connectivity index (χ2v) is 10.2. The van der Waals surface area contributed by atoms with Crippen molar-refractivity contribution in [1.82, 2.24) is 0 Å². The molecule has 0 spiro atoms. The van der Waals surface area contributed by atoms with Crippen LogP contribution in [-0.2, 0) is 0 Å². The smallest absolute Gasteiger partial charge is 0 e. The molecule has 0 rings (SSSR count). The van der Waals surface area contributed by atoms with Crippen LogP contribution in [0.3, 0.4) is 0 Å². The van der Waals surface area contributed by atoms with Crippen LogP contribution in [0, 0.1) is 0 Å². The number of hydrogen-bond acceptors (Lipinski definition) is 0. The van der Waals surface area contributed by atoms with E-state index in [4.69, 9.17) is 0 Å². The largest absolute Gasteiger partial charge is 0.0687 e. The van der Waals surface area contributed by atoms with Gasteiger partial charge in [-0.15, -0.1) is 0 Å². The molecule has 0 saturated carbocycles. The Morgan fingerprint density at radius 1 is 0.0602 bits per heavy atom. The average Bonchev–Trinajstić information content (AvgIpc) is 3.49. The van der Waals surface area contributed by atoms with Gasteiger partial charge < -0.3 is 0 Å². The summed E-state index contributed by atoms with van der Waals surface area (Å²) >= 11 is 0. The van der Waals surface area contributed by atoms with Gasteiger partial charge in [-0.1, -0.05) is 11.5 Å². The summed E-state index contributed by atoms with van der Waals surface area (Å²) in [6.45, 7) is 6.63. The van der Waals surface area contributed by atoms with Crippen LogP contribution < -0.4 is 0 Å². The third-order valence-electron chi connectivity index (χ3n) is 5.05. The minimum absolute atomic E-state index is 2.37. The summed E-state index contributed by atoms with van der Waals surface area (Å²) in [5.74, 6) is 0. The normalized spacial score (nSPS) is 3.95. The van der Waals surface area contributed by atoms with Crippen molar-refractivity contribution in [2.24, 2.45) is 0 Å². The fourth-order valence-electron chi connectivity index (χ4n) is 2.49. The summed E-state index contributed by atoms with van der Waals surface area (Å²) in [6.07, 6.45) is 0. The first-order valence-electron chi connectivity index (χ1n) is 20.7. The molecule has 0 aliphatic carbocycles. The van der Waals surface area contributed by atoms with Gasteiger partial charge in [0.2, 0.25) is 0 Å². The van der Waals surface area contributed by atoms with E-state index in [1.165, 1.54) is 0 Å². The Balaban J connectivity index is 6.16. The summed E-state index contributed by atoms with van der Waals surface area (Å²) < 4.78 is 0. The molecule has 336 valence electrons. The van der Waals surface area contributed by atoms with Crippen LogP contribution in [0.25, 0.3) is 0 Å². The summed E-state index contributed by atoms with van der Waals surface area (Å²) in [5, 5.41) is 0. The van der Waals surface area contributed by atoms with Gasteiger partial charge in [0.05, 0.1) is 0 Å². The van der Waals surface area contributed by atoms with Crippen LogP contribution in [0.1, 0.15) is 0 Å².